The number of nitrogens with zero attached hydrogens (tertiary/aromatic N) is 2. The van der Waals surface area contributed by atoms with Crippen LogP contribution in [0.15, 0.2) is 30.5 Å². The van der Waals surface area contributed by atoms with Gasteiger partial charge >= 0.3 is 0 Å². The molecule has 1 saturated heterocycles. The number of para-hydroxylation sites is 1. The first kappa shape index (κ1) is 18.1. The Labute approximate surface area is 160 Å². The normalized spacial score (nSPS) is 25.0. The van der Waals surface area contributed by atoms with Crippen LogP contribution in [0, 0.1) is 11.8 Å². The highest BCUT2D eigenvalue weighted by Gasteiger charge is 2.42. The van der Waals surface area contributed by atoms with Gasteiger partial charge < -0.3 is 14.8 Å². The van der Waals surface area contributed by atoms with E-state index in [1.165, 1.54) is 10.9 Å². The Morgan fingerprint density at radius 3 is 2.89 bits per heavy atom. The van der Waals surface area contributed by atoms with E-state index in [0.717, 1.165) is 37.7 Å². The molecule has 144 valence electrons. The van der Waals surface area contributed by atoms with Crippen molar-refractivity contribution >= 4 is 22.7 Å². The van der Waals surface area contributed by atoms with Gasteiger partial charge in [-0.15, -0.1) is 0 Å². The lowest BCUT2D eigenvalue weighted by atomic mass is 9.88. The van der Waals surface area contributed by atoms with Crippen molar-refractivity contribution in [3.63, 3.8) is 0 Å². The van der Waals surface area contributed by atoms with Gasteiger partial charge in [-0.3, -0.25) is 9.59 Å². The minimum atomic E-state index is 0.234. The lowest BCUT2D eigenvalue weighted by Gasteiger charge is -2.31. The number of hydrogen-bond donors (Lipinski definition) is 1. The van der Waals surface area contributed by atoms with Crippen molar-refractivity contribution < 1.29 is 9.59 Å². The fourth-order valence-electron chi connectivity index (χ4n) is 4.95. The first-order valence-corrected chi connectivity index (χ1v) is 10.1. The number of carbonyl (C=O) groups is 2. The molecule has 3 atom stereocenters. The second-order valence-corrected chi connectivity index (χ2v) is 8.34. The summed E-state index contributed by atoms with van der Waals surface area (Å²) in [5.41, 5.74) is 2.44. The average molecular weight is 367 g/mol. The van der Waals surface area contributed by atoms with E-state index in [4.69, 9.17) is 0 Å². The molecule has 1 saturated carbocycles. The number of nitrogens with one attached hydrogen (secondary N) is 1. The summed E-state index contributed by atoms with van der Waals surface area (Å²) in [5.74, 6) is 1.50. The number of benzene rings is 1. The second-order valence-electron chi connectivity index (χ2n) is 8.34. The molecule has 2 heterocycles. The summed E-state index contributed by atoms with van der Waals surface area (Å²) in [6.45, 7) is 0.850. The Bertz CT molecular complexity index is 843. The zero-order chi connectivity index (χ0) is 19.0. The Balaban J connectivity index is 1.29. The van der Waals surface area contributed by atoms with E-state index >= 15 is 0 Å². The molecule has 5 heteroatoms. The maximum atomic E-state index is 12.7. The van der Waals surface area contributed by atoms with Gasteiger partial charge in [-0.25, -0.2) is 0 Å². The number of hydrogen-bond acceptors (Lipinski definition) is 2. The Hall–Kier alpha value is -2.30. The Morgan fingerprint density at radius 1 is 1.26 bits per heavy atom. The van der Waals surface area contributed by atoms with Gasteiger partial charge in [-0.2, -0.15) is 0 Å². The maximum absolute atomic E-state index is 12.7. The van der Waals surface area contributed by atoms with E-state index in [1.807, 2.05) is 30.0 Å². The van der Waals surface area contributed by atoms with Crippen LogP contribution in [0.1, 0.15) is 37.7 Å². The van der Waals surface area contributed by atoms with Crippen molar-refractivity contribution in [3.8, 4) is 0 Å². The van der Waals surface area contributed by atoms with Gasteiger partial charge in [0.2, 0.25) is 11.8 Å². The standard InChI is InChI=1S/C22H29N3O2/c1-24-14-17-11-18(10-16(17)12-22(24)27)25(2)21(26)9-5-6-15-13-23-20-8-4-3-7-19(15)20/h3-4,7-8,13,16-18,23H,5-6,9-12,14H2,1-2H3/t16-,17+,18-/m1/s1. The molecule has 1 aromatic carbocycles. The van der Waals surface area contributed by atoms with E-state index in [2.05, 4.69) is 29.4 Å². The van der Waals surface area contributed by atoms with Gasteiger partial charge in [0.05, 0.1) is 0 Å². The number of H-pyrrole nitrogens is 1. The van der Waals surface area contributed by atoms with Crippen LogP contribution in [0.3, 0.4) is 0 Å². The third-order valence-electron chi connectivity index (χ3n) is 6.64. The molecule has 0 unspecified atom stereocenters. The van der Waals surface area contributed by atoms with Crippen LogP contribution < -0.4 is 0 Å². The van der Waals surface area contributed by atoms with Crippen molar-refractivity contribution in [2.75, 3.05) is 20.6 Å². The van der Waals surface area contributed by atoms with Crippen LogP contribution >= 0.6 is 0 Å². The molecule has 2 fully saturated rings. The third-order valence-corrected chi connectivity index (χ3v) is 6.64. The largest absolute Gasteiger partial charge is 0.361 e. The monoisotopic (exact) mass is 367 g/mol. The summed E-state index contributed by atoms with van der Waals surface area (Å²) in [4.78, 5) is 31.7. The van der Waals surface area contributed by atoms with Crippen molar-refractivity contribution in [1.29, 1.82) is 0 Å². The molecule has 1 N–H and O–H groups in total. The van der Waals surface area contributed by atoms with E-state index in [9.17, 15) is 9.59 Å². The highest BCUT2D eigenvalue weighted by molar-refractivity contribution is 5.83. The summed E-state index contributed by atoms with van der Waals surface area (Å²) in [6, 6.07) is 8.60. The summed E-state index contributed by atoms with van der Waals surface area (Å²) in [6.07, 6.45) is 7.10. The summed E-state index contributed by atoms with van der Waals surface area (Å²) in [7, 11) is 3.84. The highest BCUT2D eigenvalue weighted by Crippen LogP contribution is 2.40. The lowest BCUT2D eigenvalue weighted by Crippen LogP contribution is -2.39. The predicted molar refractivity (Wildman–Crippen MR) is 106 cm³/mol. The number of rotatable bonds is 5. The smallest absolute Gasteiger partial charge is 0.222 e. The van der Waals surface area contributed by atoms with Crippen LogP contribution in [0.5, 0.6) is 0 Å². The molecule has 2 aliphatic rings. The second kappa shape index (κ2) is 7.37. The van der Waals surface area contributed by atoms with Crippen LogP contribution in [-0.2, 0) is 16.0 Å². The van der Waals surface area contributed by atoms with Gasteiger partial charge in [0.15, 0.2) is 0 Å². The lowest BCUT2D eigenvalue weighted by molar-refractivity contribution is -0.135. The molecule has 0 radical (unpaired) electrons. The van der Waals surface area contributed by atoms with Crippen LogP contribution in [-0.4, -0.2) is 53.3 Å². The van der Waals surface area contributed by atoms with Crippen molar-refractivity contribution in [2.45, 2.75) is 44.6 Å². The molecule has 1 aromatic heterocycles. The van der Waals surface area contributed by atoms with E-state index in [-0.39, 0.29) is 11.8 Å². The van der Waals surface area contributed by atoms with Crippen LogP contribution in [0.2, 0.25) is 0 Å². The first-order valence-electron chi connectivity index (χ1n) is 10.1. The average Bonchev–Trinajstić information content (AvgIpc) is 3.25. The Morgan fingerprint density at radius 2 is 2.04 bits per heavy atom. The molecule has 4 rings (SSSR count). The summed E-state index contributed by atoms with van der Waals surface area (Å²) < 4.78 is 0. The van der Waals surface area contributed by atoms with Crippen molar-refractivity contribution in [1.82, 2.24) is 14.8 Å². The number of aromatic amines is 1. The van der Waals surface area contributed by atoms with Gasteiger partial charge in [0.1, 0.15) is 0 Å². The molecule has 2 aromatic rings. The predicted octanol–water partition coefficient (Wildman–Crippen LogP) is 3.21. The fourth-order valence-corrected chi connectivity index (χ4v) is 4.95. The topological polar surface area (TPSA) is 56.4 Å². The number of carbonyl (C=O) groups excluding carboxylic acids is 2. The van der Waals surface area contributed by atoms with Gasteiger partial charge in [0, 0.05) is 56.6 Å². The van der Waals surface area contributed by atoms with E-state index < -0.39 is 0 Å². The third kappa shape index (κ3) is 3.60. The van der Waals surface area contributed by atoms with Gasteiger partial charge in [-0.05, 0) is 49.1 Å². The van der Waals surface area contributed by atoms with Gasteiger partial charge in [0.25, 0.3) is 0 Å². The van der Waals surface area contributed by atoms with Crippen molar-refractivity contribution in [2.24, 2.45) is 11.8 Å². The first-order chi connectivity index (χ1) is 13.0. The number of fused-ring (bicyclic) bond motifs is 2. The summed E-state index contributed by atoms with van der Waals surface area (Å²) >= 11 is 0. The molecule has 1 aliphatic carbocycles. The molecule has 2 amide bonds. The molecule has 0 spiro atoms. The summed E-state index contributed by atoms with van der Waals surface area (Å²) in [5, 5.41) is 1.26. The number of likely N-dealkylation sites (tertiary alicyclic amines) is 1. The SMILES string of the molecule is CN1C[C@@H]2C[C@H](N(C)C(=O)CCCc3c[nH]c4ccccc34)C[C@@H]2CC1=O. The zero-order valence-corrected chi connectivity index (χ0v) is 16.3. The van der Waals surface area contributed by atoms with Crippen molar-refractivity contribution in [3.05, 3.63) is 36.0 Å². The quantitative estimate of drug-likeness (QED) is 0.882. The van der Waals surface area contributed by atoms with E-state index in [0.29, 0.717) is 30.7 Å². The molecular formula is C22H29N3O2. The zero-order valence-electron chi connectivity index (χ0n) is 16.3. The number of piperidine rings is 1. The maximum Gasteiger partial charge on any atom is 0.222 e. The van der Waals surface area contributed by atoms with E-state index in [1.54, 1.807) is 0 Å². The minimum absolute atomic E-state index is 0.234. The number of aryl methyl sites for hydroxylation is 1. The molecular weight excluding hydrogens is 338 g/mol. The fraction of sp³-hybridized carbons (Fsp3) is 0.545. The highest BCUT2D eigenvalue weighted by atomic mass is 16.2. The number of aromatic nitrogens is 1. The van der Waals surface area contributed by atoms with Gasteiger partial charge in [-0.1, -0.05) is 18.2 Å². The number of amides is 2. The minimum Gasteiger partial charge on any atom is -0.361 e. The Kier molecular flexibility index (Phi) is 4.94. The molecule has 5 nitrogen and oxygen atoms in total. The van der Waals surface area contributed by atoms with Crippen LogP contribution in [0.25, 0.3) is 10.9 Å². The molecule has 0 bridgehead atoms. The van der Waals surface area contributed by atoms with Crippen LogP contribution in [0.4, 0.5) is 0 Å². The molecule has 1 aliphatic heterocycles. The molecule has 27 heavy (non-hydrogen) atoms.